The third kappa shape index (κ3) is 3.72. The molecule has 0 amide bonds. The van der Waals surface area contributed by atoms with Crippen LogP contribution in [0.2, 0.25) is 0 Å². The molecule has 4 atom stereocenters. The highest BCUT2D eigenvalue weighted by Crippen LogP contribution is 2.48. The van der Waals surface area contributed by atoms with Crippen molar-refractivity contribution in [2.45, 2.75) is 49.9 Å². The van der Waals surface area contributed by atoms with Gasteiger partial charge in [-0.05, 0) is 25.7 Å². The first-order valence-corrected chi connectivity index (χ1v) is 7.60. The van der Waals surface area contributed by atoms with Gasteiger partial charge in [-0.15, -0.1) is 0 Å². The third-order valence-corrected chi connectivity index (χ3v) is 4.60. The summed E-state index contributed by atoms with van der Waals surface area (Å²) in [6.45, 7) is -1.15. The van der Waals surface area contributed by atoms with Crippen molar-refractivity contribution in [3.8, 4) is 0 Å². The van der Waals surface area contributed by atoms with Gasteiger partial charge in [0, 0.05) is 13.0 Å². The lowest BCUT2D eigenvalue weighted by molar-refractivity contribution is -0.395. The molecule has 9 heteroatoms. The Kier molecular flexibility index (Phi) is 5.56. The van der Waals surface area contributed by atoms with Crippen LogP contribution >= 0.6 is 0 Å². The molecule has 0 aliphatic heterocycles. The van der Waals surface area contributed by atoms with Gasteiger partial charge >= 0.3 is 12.4 Å². The zero-order chi connectivity index (χ0) is 18.2. The van der Waals surface area contributed by atoms with Crippen LogP contribution in [0.15, 0.2) is 12.2 Å². The van der Waals surface area contributed by atoms with Crippen LogP contribution in [0.3, 0.4) is 0 Å². The van der Waals surface area contributed by atoms with Crippen LogP contribution in [-0.2, 0) is 14.2 Å². The number of alkyl halides is 6. The molecular formula is C15H20F6O3. The summed E-state index contributed by atoms with van der Waals surface area (Å²) in [4.78, 5) is 0. The molecule has 1 fully saturated rings. The van der Waals surface area contributed by atoms with Crippen LogP contribution in [0.5, 0.6) is 0 Å². The number of ether oxygens (including phenoxy) is 3. The topological polar surface area (TPSA) is 27.7 Å². The van der Waals surface area contributed by atoms with Crippen LogP contribution in [-0.4, -0.2) is 50.5 Å². The molecule has 3 nitrogen and oxygen atoms in total. The van der Waals surface area contributed by atoms with Crippen molar-refractivity contribution in [2.75, 3.05) is 20.3 Å². The Morgan fingerprint density at radius 2 is 1.67 bits per heavy atom. The molecular weight excluding hydrogens is 342 g/mol. The number of rotatable bonds is 7. The predicted molar refractivity (Wildman–Crippen MR) is 72.4 cm³/mol. The molecule has 0 radical (unpaired) electrons. The van der Waals surface area contributed by atoms with Crippen molar-refractivity contribution < 1.29 is 40.6 Å². The van der Waals surface area contributed by atoms with E-state index in [-0.39, 0.29) is 11.8 Å². The minimum Gasteiger partial charge on any atom is -0.379 e. The highest BCUT2D eigenvalue weighted by molar-refractivity contribution is 5.11. The summed E-state index contributed by atoms with van der Waals surface area (Å²) < 4.78 is 93.9. The maximum Gasteiger partial charge on any atom is 0.428 e. The molecule has 1 saturated carbocycles. The molecule has 0 saturated heterocycles. The molecule has 24 heavy (non-hydrogen) atoms. The second-order valence-electron chi connectivity index (χ2n) is 6.31. The van der Waals surface area contributed by atoms with Crippen LogP contribution < -0.4 is 0 Å². The summed E-state index contributed by atoms with van der Waals surface area (Å²) in [5, 5.41) is 0. The van der Waals surface area contributed by atoms with E-state index in [0.717, 1.165) is 0 Å². The second-order valence-corrected chi connectivity index (χ2v) is 6.31. The summed E-state index contributed by atoms with van der Waals surface area (Å²) >= 11 is 0. The van der Waals surface area contributed by atoms with Gasteiger partial charge in [-0.1, -0.05) is 12.2 Å². The Morgan fingerprint density at radius 3 is 2.08 bits per heavy atom. The molecule has 0 aromatic rings. The summed E-state index contributed by atoms with van der Waals surface area (Å²) in [6.07, 6.45) is -8.04. The first-order valence-electron chi connectivity index (χ1n) is 7.60. The molecule has 2 aliphatic carbocycles. The zero-order valence-corrected chi connectivity index (χ0v) is 13.3. The van der Waals surface area contributed by atoms with Crippen molar-refractivity contribution in [3.05, 3.63) is 12.2 Å². The average Bonchev–Trinajstić information content (AvgIpc) is 3.06. The Hall–Kier alpha value is -0.800. The van der Waals surface area contributed by atoms with Crippen molar-refractivity contribution >= 4 is 0 Å². The quantitative estimate of drug-likeness (QED) is 0.508. The van der Waals surface area contributed by atoms with E-state index >= 15 is 0 Å². The van der Waals surface area contributed by atoms with Crippen molar-refractivity contribution in [1.82, 2.24) is 0 Å². The summed E-state index contributed by atoms with van der Waals surface area (Å²) in [6, 6.07) is 0. The van der Waals surface area contributed by atoms with Crippen molar-refractivity contribution in [3.63, 3.8) is 0 Å². The lowest BCUT2D eigenvalue weighted by Crippen LogP contribution is -2.62. The van der Waals surface area contributed by atoms with E-state index in [1.165, 1.54) is 14.0 Å². The van der Waals surface area contributed by atoms with Gasteiger partial charge in [-0.3, -0.25) is 0 Å². The Labute approximate surface area is 135 Å². The third-order valence-electron chi connectivity index (χ3n) is 4.60. The first-order chi connectivity index (χ1) is 11.0. The predicted octanol–water partition coefficient (Wildman–Crippen LogP) is 3.88. The van der Waals surface area contributed by atoms with Gasteiger partial charge in [-0.2, -0.15) is 26.3 Å². The maximum atomic E-state index is 13.3. The molecule has 140 valence electrons. The lowest BCUT2D eigenvalue weighted by atomic mass is 10.0. The Morgan fingerprint density at radius 1 is 1.04 bits per heavy atom. The SMILES string of the molecule is COC(C)COC(CO[C@H]1CC2C=CC1C2)(C(F)(F)F)C(F)(F)F. The van der Waals surface area contributed by atoms with Gasteiger partial charge in [-0.25, -0.2) is 0 Å². The van der Waals surface area contributed by atoms with E-state index in [0.29, 0.717) is 12.8 Å². The molecule has 0 aromatic heterocycles. The fraction of sp³-hybridized carbons (Fsp3) is 0.867. The minimum atomic E-state index is -5.66. The van der Waals surface area contributed by atoms with E-state index in [1.54, 1.807) is 6.08 Å². The van der Waals surface area contributed by atoms with Gasteiger partial charge in [0.2, 0.25) is 0 Å². The number of hydrogen-bond donors (Lipinski definition) is 0. The summed E-state index contributed by atoms with van der Waals surface area (Å²) in [5.41, 5.74) is -4.36. The van der Waals surface area contributed by atoms with Crippen molar-refractivity contribution in [2.24, 2.45) is 11.8 Å². The normalized spacial score (nSPS) is 28.6. The van der Waals surface area contributed by atoms with E-state index in [4.69, 9.17) is 4.74 Å². The molecule has 2 rings (SSSR count). The van der Waals surface area contributed by atoms with Gasteiger partial charge in [0.15, 0.2) is 0 Å². The van der Waals surface area contributed by atoms with E-state index in [1.807, 2.05) is 6.08 Å². The Balaban J connectivity index is 2.15. The van der Waals surface area contributed by atoms with Crippen molar-refractivity contribution in [1.29, 1.82) is 0 Å². The maximum absolute atomic E-state index is 13.3. The van der Waals surface area contributed by atoms with Gasteiger partial charge in [0.25, 0.3) is 5.60 Å². The van der Waals surface area contributed by atoms with Crippen LogP contribution in [0, 0.1) is 11.8 Å². The molecule has 2 aliphatic rings. The van der Waals surface area contributed by atoms with Crippen LogP contribution in [0.1, 0.15) is 19.8 Å². The summed E-state index contributed by atoms with van der Waals surface area (Å²) in [7, 11) is 1.18. The molecule has 0 heterocycles. The molecule has 0 spiro atoms. The van der Waals surface area contributed by atoms with E-state index < -0.39 is 43.4 Å². The fourth-order valence-electron chi connectivity index (χ4n) is 3.00. The molecule has 3 unspecified atom stereocenters. The fourth-order valence-corrected chi connectivity index (χ4v) is 3.00. The number of fused-ring (bicyclic) bond motifs is 2. The standard InChI is InChI=1S/C15H20F6O3/c1-9(22-2)7-24-13(14(16,17)18,15(19,20)21)8-23-12-6-10-3-4-11(12)5-10/h3-4,9-12H,5-8H2,1-2H3/t9?,10?,11?,12-/m0/s1. The van der Waals surface area contributed by atoms with E-state index in [2.05, 4.69) is 9.47 Å². The van der Waals surface area contributed by atoms with Gasteiger partial charge in [0.1, 0.15) is 0 Å². The monoisotopic (exact) mass is 362 g/mol. The molecule has 2 bridgehead atoms. The highest BCUT2D eigenvalue weighted by atomic mass is 19.4. The van der Waals surface area contributed by atoms with Crippen LogP contribution in [0.4, 0.5) is 26.3 Å². The zero-order valence-electron chi connectivity index (χ0n) is 13.3. The van der Waals surface area contributed by atoms with Gasteiger partial charge < -0.3 is 14.2 Å². The minimum absolute atomic E-state index is 0.132. The summed E-state index contributed by atoms with van der Waals surface area (Å²) in [5.74, 6) is 0.0349. The average molecular weight is 362 g/mol. The van der Waals surface area contributed by atoms with Crippen LogP contribution in [0.25, 0.3) is 0 Å². The Bertz CT molecular complexity index is 445. The second kappa shape index (κ2) is 6.84. The molecule has 0 aromatic carbocycles. The molecule has 0 N–H and O–H groups in total. The largest absolute Gasteiger partial charge is 0.428 e. The van der Waals surface area contributed by atoms with Gasteiger partial charge in [0.05, 0.1) is 25.4 Å². The first kappa shape index (κ1) is 19.5. The number of allylic oxidation sites excluding steroid dienone is 1. The number of hydrogen-bond acceptors (Lipinski definition) is 3. The highest BCUT2D eigenvalue weighted by Gasteiger charge is 2.73. The lowest BCUT2D eigenvalue weighted by Gasteiger charge is -2.38. The number of halogens is 6. The smallest absolute Gasteiger partial charge is 0.379 e. The van der Waals surface area contributed by atoms with E-state index in [9.17, 15) is 26.3 Å². The number of methoxy groups -OCH3 is 1.